The first-order valence-electron chi connectivity index (χ1n) is 3.82. The summed E-state index contributed by atoms with van der Waals surface area (Å²) in [5.74, 6) is 0. The SMILES string of the molecule is O=C(F)c1ccc2cccnc2c1. The fraction of sp³-hybridized carbons (Fsp3) is 0. The lowest BCUT2D eigenvalue weighted by atomic mass is 10.1. The van der Waals surface area contributed by atoms with Crippen LogP contribution in [0.2, 0.25) is 0 Å². The van der Waals surface area contributed by atoms with Crippen molar-refractivity contribution in [1.82, 2.24) is 4.98 Å². The molecule has 1 aromatic heterocycles. The maximum atomic E-state index is 12.3. The van der Waals surface area contributed by atoms with Gasteiger partial charge in [0.25, 0.3) is 0 Å². The Balaban J connectivity index is 2.69. The largest absolute Gasteiger partial charge is 0.332 e. The molecule has 0 unspecified atom stereocenters. The Morgan fingerprint density at radius 3 is 2.92 bits per heavy atom. The molecule has 0 radical (unpaired) electrons. The third-order valence-corrected chi connectivity index (χ3v) is 1.83. The van der Waals surface area contributed by atoms with Crippen LogP contribution in [0.15, 0.2) is 36.5 Å². The molecule has 1 aromatic carbocycles. The number of fused-ring (bicyclic) bond motifs is 1. The second kappa shape index (κ2) is 2.94. The van der Waals surface area contributed by atoms with E-state index in [1.54, 1.807) is 18.3 Å². The van der Waals surface area contributed by atoms with Crippen LogP contribution in [-0.2, 0) is 0 Å². The highest BCUT2D eigenvalue weighted by Crippen LogP contribution is 2.13. The molecule has 0 fully saturated rings. The van der Waals surface area contributed by atoms with Crippen molar-refractivity contribution >= 4 is 16.9 Å². The minimum absolute atomic E-state index is 0.0474. The van der Waals surface area contributed by atoms with E-state index in [0.717, 1.165) is 5.39 Å². The van der Waals surface area contributed by atoms with Gasteiger partial charge in [-0.25, -0.2) is 0 Å². The van der Waals surface area contributed by atoms with Gasteiger partial charge in [-0.15, -0.1) is 0 Å². The Hall–Kier alpha value is -1.77. The first kappa shape index (κ1) is 7.86. The standard InChI is InChI=1S/C10H6FNO/c11-10(13)8-4-3-7-2-1-5-12-9(7)6-8/h1-6H. The van der Waals surface area contributed by atoms with Crippen LogP contribution in [0.4, 0.5) is 4.39 Å². The van der Waals surface area contributed by atoms with Crippen LogP contribution in [0.25, 0.3) is 10.9 Å². The molecule has 0 N–H and O–H groups in total. The van der Waals surface area contributed by atoms with Gasteiger partial charge in [0.15, 0.2) is 0 Å². The summed E-state index contributed by atoms with van der Waals surface area (Å²) < 4.78 is 12.3. The molecular formula is C10H6FNO. The molecule has 0 aliphatic heterocycles. The van der Waals surface area contributed by atoms with Gasteiger partial charge in [0.2, 0.25) is 0 Å². The number of aromatic nitrogens is 1. The normalized spacial score (nSPS) is 10.2. The molecule has 0 spiro atoms. The number of halogens is 1. The quantitative estimate of drug-likeness (QED) is 0.622. The van der Waals surface area contributed by atoms with Crippen LogP contribution in [0.3, 0.4) is 0 Å². The third-order valence-electron chi connectivity index (χ3n) is 1.83. The minimum atomic E-state index is -1.42. The molecule has 0 atom stereocenters. The summed E-state index contributed by atoms with van der Waals surface area (Å²) in [7, 11) is 0. The fourth-order valence-corrected chi connectivity index (χ4v) is 1.19. The molecule has 0 saturated heterocycles. The summed E-state index contributed by atoms with van der Waals surface area (Å²) in [5.41, 5.74) is 0.678. The van der Waals surface area contributed by atoms with Gasteiger partial charge in [0.05, 0.1) is 11.1 Å². The lowest BCUT2D eigenvalue weighted by molar-refractivity contribution is 0.0836. The predicted octanol–water partition coefficient (Wildman–Crippen LogP) is 2.34. The molecule has 0 saturated carbocycles. The molecule has 1 heterocycles. The summed E-state index contributed by atoms with van der Waals surface area (Å²) in [6.07, 6.45) is 1.61. The van der Waals surface area contributed by atoms with E-state index in [1.807, 2.05) is 6.07 Å². The number of hydrogen-bond donors (Lipinski definition) is 0. The summed E-state index contributed by atoms with van der Waals surface area (Å²) in [4.78, 5) is 14.4. The van der Waals surface area contributed by atoms with E-state index in [2.05, 4.69) is 4.98 Å². The maximum absolute atomic E-state index is 12.3. The Morgan fingerprint density at radius 1 is 1.31 bits per heavy atom. The highest BCUT2D eigenvalue weighted by Gasteiger charge is 2.03. The minimum Gasteiger partial charge on any atom is -0.256 e. The van der Waals surface area contributed by atoms with Crippen LogP contribution in [-0.4, -0.2) is 11.0 Å². The molecule has 0 amide bonds. The second-order valence-electron chi connectivity index (χ2n) is 2.68. The lowest BCUT2D eigenvalue weighted by Crippen LogP contribution is -1.89. The van der Waals surface area contributed by atoms with Crippen LogP contribution in [0.1, 0.15) is 10.4 Å². The van der Waals surface area contributed by atoms with E-state index < -0.39 is 6.04 Å². The summed E-state index contributed by atoms with van der Waals surface area (Å²) in [6, 6.07) is 6.79. The first-order chi connectivity index (χ1) is 6.27. The fourth-order valence-electron chi connectivity index (χ4n) is 1.19. The van der Waals surface area contributed by atoms with Crippen molar-refractivity contribution in [1.29, 1.82) is 0 Å². The maximum Gasteiger partial charge on any atom is 0.332 e. The van der Waals surface area contributed by atoms with Gasteiger partial charge in [0, 0.05) is 11.6 Å². The van der Waals surface area contributed by atoms with E-state index in [0.29, 0.717) is 5.52 Å². The van der Waals surface area contributed by atoms with Gasteiger partial charge in [0.1, 0.15) is 0 Å². The molecule has 13 heavy (non-hydrogen) atoms. The van der Waals surface area contributed by atoms with Crippen molar-refractivity contribution in [2.45, 2.75) is 0 Å². The van der Waals surface area contributed by atoms with Crippen molar-refractivity contribution < 1.29 is 9.18 Å². The van der Waals surface area contributed by atoms with E-state index in [-0.39, 0.29) is 5.56 Å². The van der Waals surface area contributed by atoms with Crippen molar-refractivity contribution in [2.75, 3.05) is 0 Å². The Morgan fingerprint density at radius 2 is 2.15 bits per heavy atom. The summed E-state index contributed by atoms with van der Waals surface area (Å²) >= 11 is 0. The molecular weight excluding hydrogens is 169 g/mol. The number of carbonyl (C=O) groups is 1. The van der Waals surface area contributed by atoms with Gasteiger partial charge in [-0.2, -0.15) is 4.39 Å². The van der Waals surface area contributed by atoms with E-state index >= 15 is 0 Å². The van der Waals surface area contributed by atoms with Crippen molar-refractivity contribution in [3.63, 3.8) is 0 Å². The van der Waals surface area contributed by atoms with Crippen LogP contribution in [0.5, 0.6) is 0 Å². The summed E-state index contributed by atoms with van der Waals surface area (Å²) in [6.45, 7) is 0. The average molecular weight is 175 g/mol. The molecule has 3 heteroatoms. The van der Waals surface area contributed by atoms with Crippen LogP contribution in [0, 0.1) is 0 Å². The van der Waals surface area contributed by atoms with Gasteiger partial charge >= 0.3 is 6.04 Å². The highest BCUT2D eigenvalue weighted by atomic mass is 19.1. The van der Waals surface area contributed by atoms with Crippen molar-refractivity contribution in [3.8, 4) is 0 Å². The second-order valence-corrected chi connectivity index (χ2v) is 2.68. The number of benzene rings is 1. The molecule has 64 valence electrons. The zero-order valence-corrected chi connectivity index (χ0v) is 6.70. The number of pyridine rings is 1. The summed E-state index contributed by atoms with van der Waals surface area (Å²) in [5, 5.41) is 0.896. The number of hydrogen-bond acceptors (Lipinski definition) is 2. The Labute approximate surface area is 74.0 Å². The first-order valence-corrected chi connectivity index (χ1v) is 3.82. The molecule has 2 aromatic rings. The zero-order valence-electron chi connectivity index (χ0n) is 6.70. The Bertz CT molecular complexity index is 467. The molecule has 0 bridgehead atoms. The monoisotopic (exact) mass is 175 g/mol. The van der Waals surface area contributed by atoms with Gasteiger partial charge < -0.3 is 0 Å². The molecule has 2 rings (SSSR count). The van der Waals surface area contributed by atoms with Gasteiger partial charge in [-0.1, -0.05) is 12.1 Å². The average Bonchev–Trinajstić information content (AvgIpc) is 2.17. The smallest absolute Gasteiger partial charge is 0.256 e. The number of carbonyl (C=O) groups excluding carboxylic acids is 1. The van der Waals surface area contributed by atoms with Gasteiger partial charge in [-0.3, -0.25) is 9.78 Å². The Kier molecular flexibility index (Phi) is 1.77. The predicted molar refractivity (Wildman–Crippen MR) is 47.2 cm³/mol. The third kappa shape index (κ3) is 1.40. The van der Waals surface area contributed by atoms with E-state index in [4.69, 9.17) is 0 Å². The number of rotatable bonds is 1. The van der Waals surface area contributed by atoms with Crippen LogP contribution >= 0.6 is 0 Å². The van der Waals surface area contributed by atoms with Crippen LogP contribution < -0.4 is 0 Å². The molecule has 0 aliphatic carbocycles. The zero-order chi connectivity index (χ0) is 9.26. The van der Waals surface area contributed by atoms with E-state index in [1.165, 1.54) is 12.1 Å². The molecule has 2 nitrogen and oxygen atoms in total. The van der Waals surface area contributed by atoms with Gasteiger partial charge in [-0.05, 0) is 18.2 Å². The lowest BCUT2D eigenvalue weighted by Gasteiger charge is -1.96. The van der Waals surface area contributed by atoms with E-state index in [9.17, 15) is 9.18 Å². The van der Waals surface area contributed by atoms with Crippen molar-refractivity contribution in [2.24, 2.45) is 0 Å². The highest BCUT2D eigenvalue weighted by molar-refractivity contribution is 5.93. The topological polar surface area (TPSA) is 30.0 Å². The molecule has 0 aliphatic rings. The number of nitrogens with zero attached hydrogens (tertiary/aromatic N) is 1. The van der Waals surface area contributed by atoms with Crippen molar-refractivity contribution in [3.05, 3.63) is 42.1 Å².